The maximum Gasteiger partial charge on any atom is 0.339 e. The van der Waals surface area contributed by atoms with Gasteiger partial charge < -0.3 is 9.84 Å². The van der Waals surface area contributed by atoms with Crippen LogP contribution >= 0.6 is 11.8 Å². The molecular formula is C19H18O5S. The number of carbonyl (C=O) groups is 3. The molecule has 0 aliphatic heterocycles. The lowest BCUT2D eigenvalue weighted by molar-refractivity contribution is -0.136. The van der Waals surface area contributed by atoms with Crippen molar-refractivity contribution in [2.75, 3.05) is 0 Å². The molecule has 1 N–H and O–H groups in total. The maximum atomic E-state index is 12.4. The van der Waals surface area contributed by atoms with Gasteiger partial charge in [0, 0.05) is 6.92 Å². The quantitative estimate of drug-likeness (QED) is 0.625. The fraction of sp³-hybridized carbons (Fsp3) is 0.211. The molecule has 0 radical (unpaired) electrons. The molecule has 0 aromatic heterocycles. The van der Waals surface area contributed by atoms with Crippen molar-refractivity contribution >= 4 is 28.8 Å². The molecule has 0 aliphatic carbocycles. The van der Waals surface area contributed by atoms with Crippen molar-refractivity contribution in [1.82, 2.24) is 0 Å². The number of aliphatic carboxylic acids is 1. The van der Waals surface area contributed by atoms with E-state index in [1.807, 2.05) is 6.07 Å². The van der Waals surface area contributed by atoms with Crippen molar-refractivity contribution in [3.63, 3.8) is 0 Å². The van der Waals surface area contributed by atoms with Crippen LogP contribution in [0.4, 0.5) is 0 Å². The van der Waals surface area contributed by atoms with Crippen LogP contribution in [0.5, 0.6) is 0 Å². The summed E-state index contributed by atoms with van der Waals surface area (Å²) < 4.78 is 5.31. The van der Waals surface area contributed by atoms with Crippen LogP contribution in [-0.4, -0.2) is 27.6 Å². The largest absolute Gasteiger partial charge is 0.481 e. The molecule has 5 nitrogen and oxygen atoms in total. The van der Waals surface area contributed by atoms with E-state index >= 15 is 0 Å². The molecule has 0 spiro atoms. The van der Waals surface area contributed by atoms with Crippen molar-refractivity contribution in [3.05, 3.63) is 59.7 Å². The Morgan fingerprint density at radius 1 is 1.08 bits per heavy atom. The SMILES string of the molecule is CC(=O)SC(C)OC(=O)c1ccccc1-c1ccc(CC(=O)O)cc1. The van der Waals surface area contributed by atoms with E-state index in [-0.39, 0.29) is 11.5 Å². The highest BCUT2D eigenvalue weighted by molar-refractivity contribution is 8.13. The number of hydrogen-bond acceptors (Lipinski definition) is 5. The average Bonchev–Trinajstić information content (AvgIpc) is 2.54. The Kier molecular flexibility index (Phi) is 6.36. The van der Waals surface area contributed by atoms with E-state index in [9.17, 15) is 14.4 Å². The van der Waals surface area contributed by atoms with Gasteiger partial charge >= 0.3 is 11.9 Å². The van der Waals surface area contributed by atoms with Crippen LogP contribution in [0.15, 0.2) is 48.5 Å². The van der Waals surface area contributed by atoms with Crippen LogP contribution in [-0.2, 0) is 20.7 Å². The Bertz CT molecular complexity index is 783. The molecule has 0 fully saturated rings. The second-order valence-corrected chi connectivity index (χ2v) is 6.87. The van der Waals surface area contributed by atoms with Gasteiger partial charge in [0.25, 0.3) is 0 Å². The first kappa shape index (κ1) is 18.7. The normalized spacial score (nSPS) is 11.6. The molecule has 0 saturated heterocycles. The predicted molar refractivity (Wildman–Crippen MR) is 96.4 cm³/mol. The first-order chi connectivity index (χ1) is 11.9. The van der Waals surface area contributed by atoms with Crippen LogP contribution in [0.3, 0.4) is 0 Å². The number of hydrogen-bond donors (Lipinski definition) is 1. The minimum Gasteiger partial charge on any atom is -0.481 e. The van der Waals surface area contributed by atoms with E-state index in [1.54, 1.807) is 49.4 Å². The molecule has 2 aromatic carbocycles. The summed E-state index contributed by atoms with van der Waals surface area (Å²) in [6, 6.07) is 14.0. The van der Waals surface area contributed by atoms with E-state index < -0.39 is 17.4 Å². The van der Waals surface area contributed by atoms with Gasteiger partial charge in [0.05, 0.1) is 12.0 Å². The minimum absolute atomic E-state index is 0.0518. The lowest BCUT2D eigenvalue weighted by atomic mass is 9.98. The van der Waals surface area contributed by atoms with E-state index in [4.69, 9.17) is 9.84 Å². The summed E-state index contributed by atoms with van der Waals surface area (Å²) in [4.78, 5) is 34.3. The number of rotatable bonds is 6. The first-order valence-corrected chi connectivity index (χ1v) is 8.53. The van der Waals surface area contributed by atoms with Gasteiger partial charge in [-0.15, -0.1) is 0 Å². The number of ether oxygens (including phenoxy) is 1. The van der Waals surface area contributed by atoms with Crippen LogP contribution in [0.2, 0.25) is 0 Å². The van der Waals surface area contributed by atoms with Crippen molar-refractivity contribution in [3.8, 4) is 11.1 Å². The molecule has 130 valence electrons. The molecule has 0 amide bonds. The van der Waals surface area contributed by atoms with Crippen LogP contribution < -0.4 is 0 Å². The number of benzene rings is 2. The fourth-order valence-corrected chi connectivity index (χ4v) is 2.96. The van der Waals surface area contributed by atoms with Gasteiger partial charge in [-0.3, -0.25) is 9.59 Å². The van der Waals surface area contributed by atoms with E-state index in [1.165, 1.54) is 6.92 Å². The van der Waals surface area contributed by atoms with E-state index in [0.29, 0.717) is 16.7 Å². The van der Waals surface area contributed by atoms with Crippen LogP contribution in [0, 0.1) is 0 Å². The minimum atomic E-state index is -0.895. The van der Waals surface area contributed by atoms with Gasteiger partial charge in [0.1, 0.15) is 0 Å². The Hall–Kier alpha value is -2.60. The summed E-state index contributed by atoms with van der Waals surface area (Å²) in [5.41, 5.74) is 1.98. The van der Waals surface area contributed by atoms with Crippen molar-refractivity contribution in [2.24, 2.45) is 0 Å². The molecule has 1 atom stereocenters. The standard InChI is InChI=1S/C19H18O5S/c1-12(20)25-13(2)24-19(23)17-6-4-3-5-16(17)15-9-7-14(8-10-15)11-18(21)22/h3-10,13H,11H2,1-2H3,(H,21,22). The highest BCUT2D eigenvalue weighted by atomic mass is 32.2. The third-order valence-corrected chi connectivity index (χ3v) is 4.13. The molecule has 0 heterocycles. The Morgan fingerprint density at radius 3 is 2.32 bits per heavy atom. The molecule has 2 aromatic rings. The number of carbonyl (C=O) groups excluding carboxylic acids is 2. The second-order valence-electron chi connectivity index (χ2n) is 5.40. The van der Waals surface area contributed by atoms with Gasteiger partial charge in [0.15, 0.2) is 10.6 Å². The van der Waals surface area contributed by atoms with Gasteiger partial charge in [-0.05, 0) is 41.4 Å². The van der Waals surface area contributed by atoms with Crippen molar-refractivity contribution in [2.45, 2.75) is 25.7 Å². The summed E-state index contributed by atoms with van der Waals surface area (Å²) in [5.74, 6) is -1.40. The molecule has 0 saturated carbocycles. The van der Waals surface area contributed by atoms with Crippen LogP contribution in [0.25, 0.3) is 11.1 Å². The first-order valence-electron chi connectivity index (χ1n) is 7.65. The maximum absolute atomic E-state index is 12.4. The Balaban J connectivity index is 2.24. The van der Waals surface area contributed by atoms with Crippen molar-refractivity contribution < 1.29 is 24.2 Å². The predicted octanol–water partition coefficient (Wildman–Crippen LogP) is 3.76. The lowest BCUT2D eigenvalue weighted by Gasteiger charge is -2.13. The zero-order chi connectivity index (χ0) is 18.4. The topological polar surface area (TPSA) is 80.7 Å². The highest BCUT2D eigenvalue weighted by Gasteiger charge is 2.18. The van der Waals surface area contributed by atoms with Crippen molar-refractivity contribution in [1.29, 1.82) is 0 Å². The molecule has 0 bridgehead atoms. The summed E-state index contributed by atoms with van der Waals surface area (Å²) >= 11 is 0.949. The fourth-order valence-electron chi connectivity index (χ4n) is 2.36. The number of esters is 1. The monoisotopic (exact) mass is 358 g/mol. The molecular weight excluding hydrogens is 340 g/mol. The number of carboxylic acids is 1. The van der Waals surface area contributed by atoms with Crippen LogP contribution in [0.1, 0.15) is 29.8 Å². The Morgan fingerprint density at radius 2 is 1.72 bits per heavy atom. The third kappa shape index (κ3) is 5.46. The average molecular weight is 358 g/mol. The third-order valence-electron chi connectivity index (χ3n) is 3.37. The summed E-state index contributed by atoms with van der Waals surface area (Å²) in [5, 5.41) is 8.71. The van der Waals surface area contributed by atoms with Gasteiger partial charge in [0.2, 0.25) is 0 Å². The zero-order valence-corrected chi connectivity index (χ0v) is 14.7. The molecule has 6 heteroatoms. The Labute approximate surface area is 150 Å². The van der Waals surface area contributed by atoms with E-state index in [0.717, 1.165) is 17.3 Å². The number of carboxylic acid groups (broad SMARTS) is 1. The van der Waals surface area contributed by atoms with Gasteiger partial charge in [-0.1, -0.05) is 42.5 Å². The summed E-state index contributed by atoms with van der Waals surface area (Å²) in [6.45, 7) is 3.06. The smallest absolute Gasteiger partial charge is 0.339 e. The molecule has 1 unspecified atom stereocenters. The second kappa shape index (κ2) is 8.48. The summed E-state index contributed by atoms with van der Waals surface area (Å²) in [6.07, 6.45) is -0.0518. The summed E-state index contributed by atoms with van der Waals surface area (Å²) in [7, 11) is 0. The number of thioether (sulfide) groups is 1. The van der Waals surface area contributed by atoms with E-state index in [2.05, 4.69) is 0 Å². The zero-order valence-electron chi connectivity index (χ0n) is 13.9. The highest BCUT2D eigenvalue weighted by Crippen LogP contribution is 2.26. The molecule has 25 heavy (non-hydrogen) atoms. The molecule has 0 aliphatic rings. The molecule has 2 rings (SSSR count). The lowest BCUT2D eigenvalue weighted by Crippen LogP contribution is -2.14. The van der Waals surface area contributed by atoms with Gasteiger partial charge in [-0.2, -0.15) is 0 Å². The van der Waals surface area contributed by atoms with Gasteiger partial charge in [-0.25, -0.2) is 4.79 Å².